The molecule has 1 N–H and O–H groups in total. The highest BCUT2D eigenvalue weighted by molar-refractivity contribution is 7.15. The number of nitrogens with zero attached hydrogens (tertiary/aromatic N) is 2. The van der Waals surface area contributed by atoms with Gasteiger partial charge in [0.2, 0.25) is 0 Å². The van der Waals surface area contributed by atoms with E-state index in [-0.39, 0.29) is 5.91 Å². The molecular weight excluding hydrogens is 377 g/mol. The summed E-state index contributed by atoms with van der Waals surface area (Å²) in [7, 11) is 0. The zero-order chi connectivity index (χ0) is 17.4. The predicted octanol–water partition coefficient (Wildman–Crippen LogP) is 5.62. The van der Waals surface area contributed by atoms with Crippen molar-refractivity contribution in [2.45, 2.75) is 0 Å². The Morgan fingerprint density at radius 2 is 2.04 bits per heavy atom. The Hall–Kier alpha value is -2.34. The highest BCUT2D eigenvalue weighted by atomic mass is 35.5. The summed E-state index contributed by atoms with van der Waals surface area (Å²) in [6.07, 6.45) is 3.92. The Bertz CT molecular complexity index is 1060. The molecule has 124 valence electrons. The molecule has 0 saturated carbocycles. The lowest BCUT2D eigenvalue weighted by atomic mass is 10.1. The number of imidazole rings is 1. The first-order valence-electron chi connectivity index (χ1n) is 7.39. The number of amides is 1. The van der Waals surface area contributed by atoms with Crippen LogP contribution < -0.4 is 5.32 Å². The summed E-state index contributed by atoms with van der Waals surface area (Å²) in [5.74, 6) is -0.310. The van der Waals surface area contributed by atoms with Gasteiger partial charge in [0.1, 0.15) is 0 Å². The van der Waals surface area contributed by atoms with Gasteiger partial charge < -0.3 is 5.32 Å². The number of aromatic nitrogens is 2. The van der Waals surface area contributed by atoms with E-state index in [1.165, 1.54) is 0 Å². The van der Waals surface area contributed by atoms with E-state index < -0.39 is 0 Å². The maximum Gasteiger partial charge on any atom is 0.257 e. The van der Waals surface area contributed by atoms with Crippen LogP contribution in [0.4, 0.5) is 5.69 Å². The van der Waals surface area contributed by atoms with E-state index in [0.717, 1.165) is 16.2 Å². The number of hydrogen-bond donors (Lipinski definition) is 1. The number of nitrogens with one attached hydrogen (secondary N) is 1. The number of benzene rings is 2. The second-order valence-corrected chi connectivity index (χ2v) is 7.09. The molecule has 0 radical (unpaired) electrons. The lowest BCUT2D eigenvalue weighted by Gasteiger charge is -2.08. The molecule has 2 heterocycles. The zero-order valence-electron chi connectivity index (χ0n) is 12.7. The normalized spacial score (nSPS) is 11.0. The quantitative estimate of drug-likeness (QED) is 0.495. The van der Waals surface area contributed by atoms with Crippen LogP contribution in [0, 0.1) is 0 Å². The van der Waals surface area contributed by atoms with Crippen molar-refractivity contribution >= 4 is 51.1 Å². The number of anilines is 1. The molecule has 0 spiro atoms. The molecule has 4 nitrogen and oxygen atoms in total. The first kappa shape index (κ1) is 16.1. The molecule has 0 aliphatic heterocycles. The van der Waals surface area contributed by atoms with E-state index in [9.17, 15) is 4.79 Å². The van der Waals surface area contributed by atoms with Gasteiger partial charge in [0.05, 0.1) is 16.3 Å². The number of carbonyl (C=O) groups excluding carboxylic acids is 1. The largest absolute Gasteiger partial charge is 0.322 e. The molecule has 0 unspecified atom stereocenters. The van der Waals surface area contributed by atoms with Gasteiger partial charge in [0, 0.05) is 34.0 Å². The highest BCUT2D eigenvalue weighted by Gasteiger charge is 2.12. The second-order valence-electron chi connectivity index (χ2n) is 5.38. The van der Waals surface area contributed by atoms with Gasteiger partial charge in [-0.3, -0.25) is 9.20 Å². The molecule has 4 rings (SSSR count). The van der Waals surface area contributed by atoms with Gasteiger partial charge in [0.25, 0.3) is 5.91 Å². The van der Waals surface area contributed by atoms with E-state index in [4.69, 9.17) is 23.2 Å². The third-order valence-corrected chi connectivity index (χ3v) is 5.02. The Balaban J connectivity index is 1.62. The standard InChI is InChI=1S/C18H11Cl2N3OS/c19-12-4-5-15(20)14(9-12)17(24)21-13-3-1-2-11(8-13)16-10-23-6-7-25-18(23)22-16/h1-10H,(H,21,24). The molecule has 1 amide bonds. The summed E-state index contributed by atoms with van der Waals surface area (Å²) in [6.45, 7) is 0. The van der Waals surface area contributed by atoms with Gasteiger partial charge in [0.15, 0.2) is 4.96 Å². The van der Waals surface area contributed by atoms with Crippen molar-refractivity contribution in [2.75, 3.05) is 5.32 Å². The van der Waals surface area contributed by atoms with Crippen LogP contribution in [0.3, 0.4) is 0 Å². The summed E-state index contributed by atoms with van der Waals surface area (Å²) in [6, 6.07) is 12.3. The maximum absolute atomic E-state index is 12.5. The lowest BCUT2D eigenvalue weighted by molar-refractivity contribution is 0.102. The Labute approximate surface area is 157 Å². The second kappa shape index (κ2) is 6.52. The third-order valence-electron chi connectivity index (χ3n) is 3.68. The highest BCUT2D eigenvalue weighted by Crippen LogP contribution is 2.25. The fourth-order valence-corrected chi connectivity index (χ4v) is 3.57. The molecule has 0 bridgehead atoms. The molecule has 0 aliphatic rings. The minimum Gasteiger partial charge on any atom is -0.322 e. The van der Waals surface area contributed by atoms with Gasteiger partial charge in [-0.1, -0.05) is 35.3 Å². The fourth-order valence-electron chi connectivity index (χ4n) is 2.49. The molecule has 25 heavy (non-hydrogen) atoms. The molecular formula is C18H11Cl2N3OS. The van der Waals surface area contributed by atoms with Crippen LogP contribution in [-0.4, -0.2) is 15.3 Å². The maximum atomic E-state index is 12.5. The van der Waals surface area contributed by atoms with Gasteiger partial charge in [-0.15, -0.1) is 11.3 Å². The lowest BCUT2D eigenvalue weighted by Crippen LogP contribution is -2.12. The van der Waals surface area contributed by atoms with Crippen molar-refractivity contribution in [1.82, 2.24) is 9.38 Å². The van der Waals surface area contributed by atoms with Crippen molar-refractivity contribution in [1.29, 1.82) is 0 Å². The average Bonchev–Trinajstić information content (AvgIpc) is 3.19. The van der Waals surface area contributed by atoms with E-state index in [0.29, 0.717) is 21.3 Å². The van der Waals surface area contributed by atoms with Crippen molar-refractivity contribution in [3.8, 4) is 11.3 Å². The minimum atomic E-state index is -0.310. The van der Waals surface area contributed by atoms with Crippen LogP contribution in [-0.2, 0) is 0 Å². The number of carbonyl (C=O) groups is 1. The first-order chi connectivity index (χ1) is 12.1. The van der Waals surface area contributed by atoms with Gasteiger partial charge in [-0.25, -0.2) is 4.98 Å². The third kappa shape index (κ3) is 3.26. The van der Waals surface area contributed by atoms with Gasteiger partial charge >= 0.3 is 0 Å². The van der Waals surface area contributed by atoms with E-state index in [2.05, 4.69) is 10.3 Å². The van der Waals surface area contributed by atoms with Gasteiger partial charge in [-0.2, -0.15) is 0 Å². The SMILES string of the molecule is O=C(Nc1cccc(-c2cn3ccsc3n2)c1)c1cc(Cl)ccc1Cl. The number of thiazole rings is 1. The Morgan fingerprint density at radius 3 is 2.88 bits per heavy atom. The summed E-state index contributed by atoms with van der Waals surface area (Å²) >= 11 is 13.6. The topological polar surface area (TPSA) is 46.4 Å². The molecule has 2 aromatic heterocycles. The number of hydrogen-bond acceptors (Lipinski definition) is 3. The van der Waals surface area contributed by atoms with Crippen molar-refractivity contribution in [3.05, 3.63) is 75.8 Å². The molecule has 0 atom stereocenters. The van der Waals surface area contributed by atoms with Crippen LogP contribution in [0.25, 0.3) is 16.2 Å². The number of halogens is 2. The smallest absolute Gasteiger partial charge is 0.257 e. The Kier molecular flexibility index (Phi) is 4.21. The number of fused-ring (bicyclic) bond motifs is 1. The first-order valence-corrected chi connectivity index (χ1v) is 9.03. The summed E-state index contributed by atoms with van der Waals surface area (Å²) in [5.41, 5.74) is 2.77. The summed E-state index contributed by atoms with van der Waals surface area (Å²) in [4.78, 5) is 18.0. The fraction of sp³-hybridized carbons (Fsp3) is 0. The van der Waals surface area contributed by atoms with E-state index in [1.807, 2.05) is 46.4 Å². The van der Waals surface area contributed by atoms with E-state index >= 15 is 0 Å². The number of rotatable bonds is 3. The van der Waals surface area contributed by atoms with Crippen LogP contribution >= 0.6 is 34.5 Å². The predicted molar refractivity (Wildman–Crippen MR) is 103 cm³/mol. The molecule has 4 aromatic rings. The zero-order valence-corrected chi connectivity index (χ0v) is 15.1. The van der Waals surface area contributed by atoms with E-state index in [1.54, 1.807) is 29.5 Å². The Morgan fingerprint density at radius 1 is 1.16 bits per heavy atom. The minimum absolute atomic E-state index is 0.310. The van der Waals surface area contributed by atoms with Crippen molar-refractivity contribution in [3.63, 3.8) is 0 Å². The summed E-state index contributed by atoms with van der Waals surface area (Å²) < 4.78 is 1.97. The van der Waals surface area contributed by atoms with Crippen LogP contribution in [0.15, 0.2) is 60.2 Å². The van der Waals surface area contributed by atoms with Gasteiger partial charge in [-0.05, 0) is 30.3 Å². The van der Waals surface area contributed by atoms with Crippen LogP contribution in [0.1, 0.15) is 10.4 Å². The molecule has 0 saturated heterocycles. The molecule has 0 fully saturated rings. The molecule has 7 heteroatoms. The molecule has 0 aliphatic carbocycles. The molecule has 2 aromatic carbocycles. The monoisotopic (exact) mass is 387 g/mol. The van der Waals surface area contributed by atoms with Crippen LogP contribution in [0.5, 0.6) is 0 Å². The average molecular weight is 388 g/mol. The summed E-state index contributed by atoms with van der Waals surface area (Å²) in [5, 5.41) is 5.65. The van der Waals surface area contributed by atoms with Crippen LogP contribution in [0.2, 0.25) is 10.0 Å². The van der Waals surface area contributed by atoms with Crippen molar-refractivity contribution < 1.29 is 4.79 Å². The van der Waals surface area contributed by atoms with Crippen molar-refractivity contribution in [2.24, 2.45) is 0 Å².